The van der Waals surface area contributed by atoms with E-state index in [-0.39, 0.29) is 5.92 Å². The normalized spacial score (nSPS) is 17.4. The van der Waals surface area contributed by atoms with Crippen molar-refractivity contribution in [2.45, 2.75) is 51.6 Å². The van der Waals surface area contributed by atoms with Crippen molar-refractivity contribution in [1.82, 2.24) is 5.32 Å². The number of hydrogen-bond donors (Lipinski definition) is 2. The molecule has 0 rings (SSSR count). The predicted molar refractivity (Wildman–Crippen MR) is 71.9 cm³/mol. The van der Waals surface area contributed by atoms with Gasteiger partial charge in [0.15, 0.2) is 0 Å². The van der Waals surface area contributed by atoms with E-state index < -0.39 is 6.23 Å². The number of hydrogen-bond acceptors (Lipinski definition) is 4. The van der Waals surface area contributed by atoms with E-state index >= 15 is 0 Å². The molecule has 0 amide bonds. The minimum Gasteiger partial charge on any atom is -0.381 e. The van der Waals surface area contributed by atoms with Crippen LogP contribution >= 0.6 is 11.8 Å². The van der Waals surface area contributed by atoms with E-state index in [2.05, 4.69) is 18.5 Å². The molecule has 0 aromatic carbocycles. The molecule has 0 aliphatic carbocycles. The summed E-state index contributed by atoms with van der Waals surface area (Å²) in [5.41, 5.74) is 0. The van der Waals surface area contributed by atoms with E-state index in [0.717, 1.165) is 19.6 Å². The Hall–Kier alpha value is 0.230. The summed E-state index contributed by atoms with van der Waals surface area (Å²) in [6.07, 6.45) is 2.65. The third kappa shape index (κ3) is 7.49. The van der Waals surface area contributed by atoms with E-state index in [4.69, 9.17) is 4.74 Å². The third-order valence-corrected chi connectivity index (χ3v) is 3.51. The molecular formula is C12H27NO2S. The Balaban J connectivity index is 3.92. The van der Waals surface area contributed by atoms with Crippen molar-refractivity contribution in [2.75, 3.05) is 19.5 Å². The average molecular weight is 249 g/mol. The summed E-state index contributed by atoms with van der Waals surface area (Å²) in [5.74, 6) is 0.250. The zero-order valence-corrected chi connectivity index (χ0v) is 12.0. The summed E-state index contributed by atoms with van der Waals surface area (Å²) in [6.45, 7) is 9.71. The highest BCUT2D eigenvalue weighted by atomic mass is 32.2. The van der Waals surface area contributed by atoms with Gasteiger partial charge in [-0.1, -0.05) is 6.92 Å². The highest BCUT2D eigenvalue weighted by Gasteiger charge is 2.19. The third-order valence-electron chi connectivity index (χ3n) is 2.52. The van der Waals surface area contributed by atoms with Crippen LogP contribution in [0.25, 0.3) is 0 Å². The summed E-state index contributed by atoms with van der Waals surface area (Å²) in [5, 5.41) is 13.5. The van der Waals surface area contributed by atoms with Crippen LogP contribution in [-0.2, 0) is 4.74 Å². The van der Waals surface area contributed by atoms with E-state index in [0.29, 0.717) is 11.3 Å². The maximum Gasteiger partial charge on any atom is 0.107 e. The quantitative estimate of drug-likeness (QED) is 0.614. The Morgan fingerprint density at radius 1 is 1.31 bits per heavy atom. The van der Waals surface area contributed by atoms with E-state index in [1.165, 1.54) is 0 Å². The fourth-order valence-electron chi connectivity index (χ4n) is 1.53. The van der Waals surface area contributed by atoms with Crippen LogP contribution in [0.1, 0.15) is 34.1 Å². The van der Waals surface area contributed by atoms with Gasteiger partial charge in [0.2, 0.25) is 0 Å². The van der Waals surface area contributed by atoms with Crippen molar-refractivity contribution in [1.29, 1.82) is 0 Å². The summed E-state index contributed by atoms with van der Waals surface area (Å²) < 4.78 is 5.43. The summed E-state index contributed by atoms with van der Waals surface area (Å²) in [7, 11) is 0. The summed E-state index contributed by atoms with van der Waals surface area (Å²) >= 11 is 1.81. The van der Waals surface area contributed by atoms with Crippen LogP contribution in [0.2, 0.25) is 0 Å². The van der Waals surface area contributed by atoms with Crippen molar-refractivity contribution < 1.29 is 9.84 Å². The van der Waals surface area contributed by atoms with Crippen molar-refractivity contribution in [2.24, 2.45) is 5.92 Å². The lowest BCUT2D eigenvalue weighted by atomic mass is 10.0. The molecule has 3 nitrogen and oxygen atoms in total. The second kappa shape index (κ2) is 9.28. The van der Waals surface area contributed by atoms with Crippen LogP contribution in [0.3, 0.4) is 0 Å². The monoisotopic (exact) mass is 249 g/mol. The van der Waals surface area contributed by atoms with Gasteiger partial charge >= 0.3 is 0 Å². The van der Waals surface area contributed by atoms with Gasteiger partial charge in [0.05, 0.1) is 6.61 Å². The Morgan fingerprint density at radius 3 is 2.38 bits per heavy atom. The van der Waals surface area contributed by atoms with Gasteiger partial charge in [-0.05, 0) is 39.4 Å². The Labute approximate surface area is 104 Å². The highest BCUT2D eigenvalue weighted by Crippen LogP contribution is 2.19. The standard InChI is InChI=1S/C12H27NO2S/c1-6-15-8-11(16-5)7-10(4)12(14)13-9(2)3/h9-14H,6-8H2,1-5H3. The molecule has 2 N–H and O–H groups in total. The van der Waals surface area contributed by atoms with Crippen molar-refractivity contribution >= 4 is 11.8 Å². The molecule has 0 aromatic heterocycles. The zero-order chi connectivity index (χ0) is 12.6. The maximum absolute atomic E-state index is 9.90. The lowest BCUT2D eigenvalue weighted by Gasteiger charge is -2.25. The minimum absolute atomic E-state index is 0.250. The Kier molecular flexibility index (Phi) is 9.41. The van der Waals surface area contributed by atoms with Crippen LogP contribution < -0.4 is 5.32 Å². The molecule has 0 aliphatic rings. The SMILES string of the molecule is CCOCC(CC(C)C(O)NC(C)C)SC. The van der Waals surface area contributed by atoms with Gasteiger partial charge < -0.3 is 9.84 Å². The van der Waals surface area contributed by atoms with Gasteiger partial charge in [-0.2, -0.15) is 11.8 Å². The highest BCUT2D eigenvalue weighted by molar-refractivity contribution is 7.99. The average Bonchev–Trinajstić information content (AvgIpc) is 2.22. The molecule has 0 saturated heterocycles. The largest absolute Gasteiger partial charge is 0.381 e. The van der Waals surface area contributed by atoms with Crippen LogP contribution in [0.15, 0.2) is 0 Å². The van der Waals surface area contributed by atoms with Crippen molar-refractivity contribution in [3.63, 3.8) is 0 Å². The van der Waals surface area contributed by atoms with Gasteiger partial charge in [-0.15, -0.1) is 0 Å². The number of ether oxygens (including phenoxy) is 1. The first-order chi connectivity index (χ1) is 7.51. The molecule has 0 heterocycles. The number of rotatable bonds is 9. The van der Waals surface area contributed by atoms with Gasteiger partial charge in [0.25, 0.3) is 0 Å². The fraction of sp³-hybridized carbons (Fsp3) is 1.00. The second-order valence-corrected chi connectivity index (χ2v) is 5.63. The molecule has 0 bridgehead atoms. The molecular weight excluding hydrogens is 222 g/mol. The number of aliphatic hydroxyl groups excluding tert-OH is 1. The maximum atomic E-state index is 9.90. The van der Waals surface area contributed by atoms with Crippen LogP contribution in [0.4, 0.5) is 0 Å². The molecule has 0 spiro atoms. The van der Waals surface area contributed by atoms with E-state index in [1.54, 1.807) is 0 Å². The molecule has 4 heteroatoms. The topological polar surface area (TPSA) is 41.5 Å². The predicted octanol–water partition coefficient (Wildman–Crippen LogP) is 2.10. The second-order valence-electron chi connectivity index (χ2n) is 4.50. The number of nitrogens with one attached hydrogen (secondary N) is 1. The molecule has 0 fully saturated rings. The van der Waals surface area contributed by atoms with Gasteiger partial charge in [-0.3, -0.25) is 5.32 Å². The Morgan fingerprint density at radius 2 is 1.94 bits per heavy atom. The van der Waals surface area contributed by atoms with Gasteiger partial charge in [0.1, 0.15) is 6.23 Å². The molecule has 0 aromatic rings. The first-order valence-corrected chi connectivity index (χ1v) is 7.34. The van der Waals surface area contributed by atoms with E-state index in [1.807, 2.05) is 32.5 Å². The molecule has 3 unspecified atom stereocenters. The number of aliphatic hydroxyl groups is 1. The summed E-state index contributed by atoms with van der Waals surface area (Å²) in [4.78, 5) is 0. The Bertz CT molecular complexity index is 167. The summed E-state index contributed by atoms with van der Waals surface area (Å²) in [6, 6.07) is 0.317. The molecule has 16 heavy (non-hydrogen) atoms. The first-order valence-electron chi connectivity index (χ1n) is 6.05. The smallest absolute Gasteiger partial charge is 0.107 e. The fourth-order valence-corrected chi connectivity index (χ4v) is 2.26. The first kappa shape index (κ1) is 16.2. The lowest BCUT2D eigenvalue weighted by molar-refractivity contribution is 0.0642. The van der Waals surface area contributed by atoms with Gasteiger partial charge in [0, 0.05) is 17.9 Å². The molecule has 0 saturated carbocycles. The molecule has 3 atom stereocenters. The van der Waals surface area contributed by atoms with Crippen molar-refractivity contribution in [3.8, 4) is 0 Å². The van der Waals surface area contributed by atoms with E-state index in [9.17, 15) is 5.11 Å². The molecule has 0 aliphatic heterocycles. The van der Waals surface area contributed by atoms with Crippen molar-refractivity contribution in [3.05, 3.63) is 0 Å². The zero-order valence-electron chi connectivity index (χ0n) is 11.2. The molecule has 98 valence electrons. The van der Waals surface area contributed by atoms with Crippen LogP contribution in [0, 0.1) is 5.92 Å². The minimum atomic E-state index is -0.420. The molecule has 0 radical (unpaired) electrons. The van der Waals surface area contributed by atoms with Crippen LogP contribution in [-0.4, -0.2) is 42.1 Å². The number of thioether (sulfide) groups is 1. The lowest BCUT2D eigenvalue weighted by Crippen LogP contribution is -2.40. The van der Waals surface area contributed by atoms with Gasteiger partial charge in [-0.25, -0.2) is 0 Å². The van der Waals surface area contributed by atoms with Crippen LogP contribution in [0.5, 0.6) is 0 Å².